The normalized spacial score (nSPS) is 15.6. The molecule has 0 spiro atoms. The van der Waals surface area contributed by atoms with E-state index in [0.29, 0.717) is 31.5 Å². The number of nitriles is 1. The van der Waals surface area contributed by atoms with Gasteiger partial charge >= 0.3 is 0 Å². The number of fused-ring (bicyclic) bond motifs is 1. The summed E-state index contributed by atoms with van der Waals surface area (Å²) in [6.07, 6.45) is 1.68. The quantitative estimate of drug-likeness (QED) is 0.499. The number of benzene rings is 2. The number of oxazole rings is 1. The van der Waals surface area contributed by atoms with Crippen molar-refractivity contribution >= 4 is 16.7 Å². The molecule has 0 aliphatic carbocycles. The number of hydrogen-bond donors (Lipinski definition) is 1. The van der Waals surface area contributed by atoms with Crippen LogP contribution in [0.2, 0.25) is 0 Å². The second-order valence-corrected chi connectivity index (χ2v) is 7.40. The Kier molecular flexibility index (Phi) is 5.40. The topological polar surface area (TPSA) is 87.5 Å². The number of morpholine rings is 1. The maximum Gasteiger partial charge on any atom is 0.232 e. The minimum absolute atomic E-state index is 0.00320. The summed E-state index contributed by atoms with van der Waals surface area (Å²) in [6.45, 7) is 3.53. The lowest BCUT2D eigenvalue weighted by atomic mass is 10.0. The van der Waals surface area contributed by atoms with Gasteiger partial charge in [0.25, 0.3) is 0 Å². The maximum atomic E-state index is 9.63. The van der Waals surface area contributed by atoms with Crippen molar-refractivity contribution in [1.29, 1.82) is 5.26 Å². The van der Waals surface area contributed by atoms with Gasteiger partial charge in [0.2, 0.25) is 17.5 Å². The fourth-order valence-corrected chi connectivity index (χ4v) is 4.01. The van der Waals surface area contributed by atoms with Crippen LogP contribution in [-0.2, 0) is 4.74 Å². The molecular formula is C24H22N4O3. The number of rotatable bonds is 6. The molecule has 1 atom stereocenters. The summed E-state index contributed by atoms with van der Waals surface area (Å²) in [5, 5.41) is 15.1. The summed E-state index contributed by atoms with van der Waals surface area (Å²) < 4.78 is 17.2. The molecule has 0 amide bonds. The van der Waals surface area contributed by atoms with Crippen molar-refractivity contribution in [1.82, 2.24) is 9.88 Å². The Morgan fingerprint density at radius 2 is 1.90 bits per heavy atom. The Morgan fingerprint density at radius 1 is 1.06 bits per heavy atom. The SMILES string of the molecule is N#Cc1nc(-c2cccc3ccccc23)oc1NCC(c1ccco1)N1CCOCC1. The van der Waals surface area contributed by atoms with Crippen molar-refractivity contribution in [3.63, 3.8) is 0 Å². The Labute approximate surface area is 179 Å². The van der Waals surface area contributed by atoms with Crippen LogP contribution < -0.4 is 5.32 Å². The lowest BCUT2D eigenvalue weighted by Crippen LogP contribution is -2.41. The molecule has 31 heavy (non-hydrogen) atoms. The van der Waals surface area contributed by atoms with E-state index in [1.165, 1.54) is 0 Å². The van der Waals surface area contributed by atoms with Gasteiger partial charge in [0.05, 0.1) is 25.5 Å². The van der Waals surface area contributed by atoms with Crippen LogP contribution in [0.1, 0.15) is 17.5 Å². The van der Waals surface area contributed by atoms with Crippen molar-refractivity contribution < 1.29 is 13.6 Å². The summed E-state index contributed by atoms with van der Waals surface area (Å²) in [6, 6.07) is 20.0. The van der Waals surface area contributed by atoms with Crippen LogP contribution in [0, 0.1) is 11.3 Å². The van der Waals surface area contributed by atoms with Crippen LogP contribution in [0.4, 0.5) is 5.88 Å². The summed E-state index contributed by atoms with van der Waals surface area (Å²) in [5.74, 6) is 1.66. The summed E-state index contributed by atoms with van der Waals surface area (Å²) in [5.41, 5.74) is 1.10. The first-order valence-corrected chi connectivity index (χ1v) is 10.3. The number of ether oxygens (including phenoxy) is 1. The van der Waals surface area contributed by atoms with E-state index >= 15 is 0 Å². The lowest BCUT2D eigenvalue weighted by Gasteiger charge is -2.33. The van der Waals surface area contributed by atoms with Crippen molar-refractivity contribution in [3.05, 3.63) is 72.3 Å². The molecule has 1 N–H and O–H groups in total. The number of aromatic nitrogens is 1. The highest BCUT2D eigenvalue weighted by Crippen LogP contribution is 2.32. The lowest BCUT2D eigenvalue weighted by molar-refractivity contribution is 0.0144. The molecule has 1 unspecified atom stereocenters. The van der Waals surface area contributed by atoms with E-state index in [-0.39, 0.29) is 11.7 Å². The van der Waals surface area contributed by atoms with E-state index in [0.717, 1.165) is 35.2 Å². The third kappa shape index (κ3) is 3.91. The maximum absolute atomic E-state index is 9.63. The highest BCUT2D eigenvalue weighted by molar-refractivity contribution is 5.94. The molecule has 0 bridgehead atoms. The van der Waals surface area contributed by atoms with E-state index < -0.39 is 0 Å². The standard InChI is InChI=1S/C24H22N4O3/c25-15-20-24(26-16-21(22-9-4-12-30-22)28-10-13-29-14-11-28)31-23(27-20)19-8-3-6-17-5-1-2-7-18(17)19/h1-9,12,21,26H,10-11,13-14,16H2. The molecule has 2 aromatic carbocycles. The zero-order valence-corrected chi connectivity index (χ0v) is 17.0. The minimum atomic E-state index is -0.00320. The van der Waals surface area contributed by atoms with Crippen LogP contribution in [0.3, 0.4) is 0 Å². The van der Waals surface area contributed by atoms with Gasteiger partial charge in [0, 0.05) is 25.2 Å². The molecule has 5 rings (SSSR count). The molecule has 156 valence electrons. The third-order valence-corrected chi connectivity index (χ3v) is 5.57. The summed E-state index contributed by atoms with van der Waals surface area (Å²) >= 11 is 0. The highest BCUT2D eigenvalue weighted by atomic mass is 16.5. The molecule has 3 heterocycles. The van der Waals surface area contributed by atoms with Gasteiger partial charge in [-0.1, -0.05) is 36.4 Å². The van der Waals surface area contributed by atoms with Crippen molar-refractivity contribution in [3.8, 4) is 17.5 Å². The predicted molar refractivity (Wildman–Crippen MR) is 116 cm³/mol. The number of nitrogens with zero attached hydrogens (tertiary/aromatic N) is 3. The van der Waals surface area contributed by atoms with Crippen LogP contribution >= 0.6 is 0 Å². The second kappa shape index (κ2) is 8.64. The van der Waals surface area contributed by atoms with Gasteiger partial charge in [-0.3, -0.25) is 4.90 Å². The number of hydrogen-bond acceptors (Lipinski definition) is 7. The van der Waals surface area contributed by atoms with E-state index in [2.05, 4.69) is 21.3 Å². The fourth-order valence-electron chi connectivity index (χ4n) is 4.01. The molecule has 1 aliphatic rings. The van der Waals surface area contributed by atoms with Crippen LogP contribution in [0.5, 0.6) is 0 Å². The molecule has 1 fully saturated rings. The molecule has 2 aromatic heterocycles. The Hall–Kier alpha value is -3.60. The average Bonchev–Trinajstić information content (AvgIpc) is 3.50. The van der Waals surface area contributed by atoms with Gasteiger partial charge in [-0.05, 0) is 29.0 Å². The zero-order chi connectivity index (χ0) is 21.0. The first-order chi connectivity index (χ1) is 15.3. The second-order valence-electron chi connectivity index (χ2n) is 7.40. The fraction of sp³-hybridized carbons (Fsp3) is 0.250. The molecule has 1 aliphatic heterocycles. The highest BCUT2D eigenvalue weighted by Gasteiger charge is 2.26. The zero-order valence-electron chi connectivity index (χ0n) is 17.0. The molecule has 7 heteroatoms. The number of nitrogens with one attached hydrogen (secondary N) is 1. The van der Waals surface area contributed by atoms with Gasteiger partial charge in [-0.25, -0.2) is 0 Å². The summed E-state index contributed by atoms with van der Waals surface area (Å²) in [4.78, 5) is 6.76. The van der Waals surface area contributed by atoms with Crippen molar-refractivity contribution in [2.75, 3.05) is 38.2 Å². The Bertz CT molecular complexity index is 1200. The van der Waals surface area contributed by atoms with E-state index in [4.69, 9.17) is 13.6 Å². The van der Waals surface area contributed by atoms with E-state index in [1.54, 1.807) is 6.26 Å². The average molecular weight is 414 g/mol. The molecule has 0 radical (unpaired) electrons. The van der Waals surface area contributed by atoms with Gasteiger partial charge in [0.15, 0.2) is 0 Å². The Balaban J connectivity index is 1.43. The minimum Gasteiger partial charge on any atom is -0.468 e. The van der Waals surface area contributed by atoms with Crippen LogP contribution in [-0.4, -0.2) is 42.7 Å². The van der Waals surface area contributed by atoms with E-state index in [1.807, 2.05) is 54.6 Å². The molecule has 4 aromatic rings. The molecular weight excluding hydrogens is 392 g/mol. The first kappa shape index (κ1) is 19.4. The molecule has 0 saturated carbocycles. The summed E-state index contributed by atoms with van der Waals surface area (Å²) in [7, 11) is 0. The van der Waals surface area contributed by atoms with Gasteiger partial charge in [-0.2, -0.15) is 10.2 Å². The van der Waals surface area contributed by atoms with E-state index in [9.17, 15) is 5.26 Å². The van der Waals surface area contributed by atoms with Crippen molar-refractivity contribution in [2.45, 2.75) is 6.04 Å². The largest absolute Gasteiger partial charge is 0.468 e. The molecule has 7 nitrogen and oxygen atoms in total. The van der Waals surface area contributed by atoms with Gasteiger partial charge < -0.3 is 18.9 Å². The third-order valence-electron chi connectivity index (χ3n) is 5.57. The first-order valence-electron chi connectivity index (χ1n) is 10.3. The number of furan rings is 1. The van der Waals surface area contributed by atoms with Crippen LogP contribution in [0.15, 0.2) is 69.7 Å². The van der Waals surface area contributed by atoms with Gasteiger partial charge in [0.1, 0.15) is 11.8 Å². The molecule has 1 saturated heterocycles. The van der Waals surface area contributed by atoms with Crippen LogP contribution in [0.25, 0.3) is 22.2 Å². The smallest absolute Gasteiger partial charge is 0.232 e. The number of anilines is 1. The predicted octanol–water partition coefficient (Wildman–Crippen LogP) is 4.44. The Morgan fingerprint density at radius 3 is 2.71 bits per heavy atom. The van der Waals surface area contributed by atoms with Gasteiger partial charge in [-0.15, -0.1) is 0 Å². The monoisotopic (exact) mass is 414 g/mol. The van der Waals surface area contributed by atoms with Crippen molar-refractivity contribution in [2.24, 2.45) is 0 Å².